The normalized spacial score (nSPS) is 19.5. The monoisotopic (exact) mass is 388 g/mol. The molecule has 4 nitrogen and oxygen atoms in total. The van der Waals surface area contributed by atoms with Crippen molar-refractivity contribution in [3.63, 3.8) is 0 Å². The van der Waals surface area contributed by atoms with E-state index in [9.17, 15) is 4.79 Å². The van der Waals surface area contributed by atoms with E-state index in [1.807, 2.05) is 0 Å². The van der Waals surface area contributed by atoms with Crippen LogP contribution in [-0.4, -0.2) is 20.3 Å². The van der Waals surface area contributed by atoms with Crippen molar-refractivity contribution in [2.24, 2.45) is 5.92 Å². The molecule has 1 aliphatic carbocycles. The van der Waals surface area contributed by atoms with Gasteiger partial charge in [0.2, 0.25) is 5.91 Å². The minimum Gasteiger partial charge on any atom is -0.412 e. The zero-order valence-corrected chi connectivity index (χ0v) is 18.0. The Balaban J connectivity index is 1.97. The molecule has 1 fully saturated rings. The van der Waals surface area contributed by atoms with E-state index in [4.69, 9.17) is 4.43 Å². The first-order chi connectivity index (χ1) is 12.5. The standard InChI is InChI=1S/C21H29FN2O2Si/c1-13-20(25)24-19-17(22)16(12-26-27(5,6)21(2,3)4)11-15(18(19)23-13)10-9-14-7-8-14/h11,13-14,23H,7-8,12H2,1-6H3,(H,24,25). The highest BCUT2D eigenvalue weighted by Crippen LogP contribution is 2.39. The lowest BCUT2D eigenvalue weighted by Gasteiger charge is -2.36. The second-order valence-corrected chi connectivity index (χ2v) is 13.9. The van der Waals surface area contributed by atoms with Crippen LogP contribution in [0.5, 0.6) is 0 Å². The lowest BCUT2D eigenvalue weighted by atomic mass is 10.0. The number of halogens is 1. The lowest BCUT2D eigenvalue weighted by Crippen LogP contribution is -2.40. The van der Waals surface area contributed by atoms with Crippen molar-refractivity contribution in [2.75, 3.05) is 10.6 Å². The fourth-order valence-corrected chi connectivity index (χ4v) is 3.53. The fourth-order valence-electron chi connectivity index (χ4n) is 2.58. The van der Waals surface area contributed by atoms with Crippen molar-refractivity contribution < 1.29 is 13.6 Å². The average molecular weight is 389 g/mol. The molecular formula is C21H29FN2O2Si. The summed E-state index contributed by atoms with van der Waals surface area (Å²) in [6, 6.07) is 1.35. The number of rotatable bonds is 3. The van der Waals surface area contributed by atoms with Crippen molar-refractivity contribution in [1.82, 2.24) is 0 Å². The van der Waals surface area contributed by atoms with Crippen LogP contribution in [0.2, 0.25) is 18.1 Å². The molecule has 0 spiro atoms. The van der Waals surface area contributed by atoms with Gasteiger partial charge in [-0.25, -0.2) is 4.39 Å². The number of anilines is 2. The van der Waals surface area contributed by atoms with Crippen LogP contribution in [0.15, 0.2) is 6.07 Å². The third-order valence-corrected chi connectivity index (χ3v) is 10.2. The summed E-state index contributed by atoms with van der Waals surface area (Å²) >= 11 is 0. The van der Waals surface area contributed by atoms with E-state index in [-0.39, 0.29) is 23.2 Å². The van der Waals surface area contributed by atoms with Gasteiger partial charge in [0.25, 0.3) is 0 Å². The van der Waals surface area contributed by atoms with Crippen LogP contribution in [0.3, 0.4) is 0 Å². The highest BCUT2D eigenvalue weighted by molar-refractivity contribution is 6.74. The SMILES string of the molecule is CC1Nc2c(C#CC3CC3)cc(CO[Si](C)(C)C(C)(C)C)c(F)c2NC1=O. The molecular weight excluding hydrogens is 359 g/mol. The molecule has 0 saturated heterocycles. The molecule has 1 heterocycles. The maximum absolute atomic E-state index is 15.2. The predicted molar refractivity (Wildman–Crippen MR) is 110 cm³/mol. The van der Waals surface area contributed by atoms with E-state index in [0.29, 0.717) is 17.2 Å². The Morgan fingerprint density at radius 2 is 1.96 bits per heavy atom. The topological polar surface area (TPSA) is 50.4 Å². The third kappa shape index (κ3) is 4.20. The first kappa shape index (κ1) is 19.9. The van der Waals surface area contributed by atoms with Gasteiger partial charge in [-0.3, -0.25) is 4.79 Å². The number of carbonyl (C=O) groups is 1. The summed E-state index contributed by atoms with van der Waals surface area (Å²) in [5.74, 6) is 6.18. The van der Waals surface area contributed by atoms with E-state index in [2.05, 4.69) is 56.3 Å². The van der Waals surface area contributed by atoms with Crippen molar-refractivity contribution in [1.29, 1.82) is 0 Å². The Labute approximate surface area is 162 Å². The smallest absolute Gasteiger partial charge is 0.246 e. The molecule has 1 saturated carbocycles. The molecule has 3 rings (SSSR count). The molecule has 2 N–H and O–H groups in total. The van der Waals surface area contributed by atoms with Gasteiger partial charge in [-0.15, -0.1) is 0 Å². The molecule has 1 amide bonds. The molecule has 0 aromatic heterocycles. The fraction of sp³-hybridized carbons (Fsp3) is 0.571. The van der Waals surface area contributed by atoms with Crippen LogP contribution in [-0.2, 0) is 15.8 Å². The molecule has 27 heavy (non-hydrogen) atoms. The summed E-state index contributed by atoms with van der Waals surface area (Å²) in [5.41, 5.74) is 1.92. The molecule has 6 heteroatoms. The molecule has 1 atom stereocenters. The van der Waals surface area contributed by atoms with Gasteiger partial charge in [0.05, 0.1) is 17.9 Å². The van der Waals surface area contributed by atoms with Gasteiger partial charge in [0.1, 0.15) is 11.7 Å². The van der Waals surface area contributed by atoms with Crippen molar-refractivity contribution in [3.8, 4) is 11.8 Å². The zero-order chi connectivity index (χ0) is 20.0. The first-order valence-corrected chi connectivity index (χ1v) is 12.5. The summed E-state index contributed by atoms with van der Waals surface area (Å²) in [7, 11) is -2.02. The Hall–Kier alpha value is -1.84. The second kappa shape index (κ2) is 6.96. The van der Waals surface area contributed by atoms with Crippen LogP contribution in [0, 0.1) is 23.6 Å². The van der Waals surface area contributed by atoms with Crippen LogP contribution in [0.1, 0.15) is 51.7 Å². The van der Waals surface area contributed by atoms with E-state index in [1.165, 1.54) is 0 Å². The van der Waals surface area contributed by atoms with Crippen LogP contribution in [0.4, 0.5) is 15.8 Å². The summed E-state index contributed by atoms with van der Waals surface area (Å²) in [6.45, 7) is 12.7. The summed E-state index contributed by atoms with van der Waals surface area (Å²) < 4.78 is 21.4. The van der Waals surface area contributed by atoms with E-state index in [0.717, 1.165) is 18.4 Å². The van der Waals surface area contributed by atoms with Crippen molar-refractivity contribution in [2.45, 2.75) is 71.3 Å². The number of hydrogen-bond donors (Lipinski definition) is 2. The van der Waals surface area contributed by atoms with Gasteiger partial charge in [-0.05, 0) is 44.0 Å². The number of hydrogen-bond acceptors (Lipinski definition) is 3. The number of carbonyl (C=O) groups excluding carboxylic acids is 1. The summed E-state index contributed by atoms with van der Waals surface area (Å²) in [6.07, 6.45) is 2.25. The van der Waals surface area contributed by atoms with Crippen molar-refractivity contribution in [3.05, 3.63) is 23.0 Å². The summed E-state index contributed by atoms with van der Waals surface area (Å²) in [4.78, 5) is 12.1. The number of fused-ring (bicyclic) bond motifs is 1. The van der Waals surface area contributed by atoms with Gasteiger partial charge in [0.15, 0.2) is 14.1 Å². The molecule has 1 unspecified atom stereocenters. The van der Waals surface area contributed by atoms with Crippen LogP contribution in [0.25, 0.3) is 0 Å². The average Bonchev–Trinajstić information content (AvgIpc) is 3.38. The van der Waals surface area contributed by atoms with Crippen LogP contribution < -0.4 is 10.6 Å². The highest BCUT2D eigenvalue weighted by atomic mass is 28.4. The molecule has 2 aliphatic rings. The Bertz CT molecular complexity index is 829. The number of amides is 1. The molecule has 0 radical (unpaired) electrons. The quantitative estimate of drug-likeness (QED) is 0.574. The third-order valence-electron chi connectivity index (χ3n) is 5.72. The zero-order valence-electron chi connectivity index (χ0n) is 17.0. The van der Waals surface area contributed by atoms with E-state index >= 15 is 4.39 Å². The predicted octanol–water partition coefficient (Wildman–Crippen LogP) is 4.86. The Morgan fingerprint density at radius 3 is 2.56 bits per heavy atom. The maximum atomic E-state index is 15.2. The lowest BCUT2D eigenvalue weighted by molar-refractivity contribution is -0.116. The number of benzene rings is 1. The van der Waals surface area contributed by atoms with Gasteiger partial charge in [-0.2, -0.15) is 0 Å². The minimum atomic E-state index is -2.02. The Morgan fingerprint density at radius 1 is 1.30 bits per heavy atom. The highest BCUT2D eigenvalue weighted by Gasteiger charge is 2.37. The molecule has 1 aliphatic heterocycles. The summed E-state index contributed by atoms with van der Waals surface area (Å²) in [5, 5.41) is 5.84. The van der Waals surface area contributed by atoms with Gasteiger partial charge >= 0.3 is 0 Å². The first-order valence-electron chi connectivity index (χ1n) is 9.58. The molecule has 146 valence electrons. The van der Waals surface area contributed by atoms with Crippen molar-refractivity contribution >= 4 is 25.6 Å². The minimum absolute atomic E-state index is 0.0392. The largest absolute Gasteiger partial charge is 0.412 e. The number of nitrogens with one attached hydrogen (secondary N) is 2. The van der Waals surface area contributed by atoms with Gasteiger partial charge < -0.3 is 15.1 Å². The van der Waals surface area contributed by atoms with Crippen LogP contribution >= 0.6 is 0 Å². The molecule has 1 aromatic rings. The van der Waals surface area contributed by atoms with E-state index in [1.54, 1.807) is 13.0 Å². The van der Waals surface area contributed by atoms with E-state index < -0.39 is 20.2 Å². The molecule has 0 bridgehead atoms. The second-order valence-electron chi connectivity index (χ2n) is 9.10. The molecule has 1 aromatic carbocycles. The Kier molecular flexibility index (Phi) is 5.13. The van der Waals surface area contributed by atoms with Gasteiger partial charge in [0, 0.05) is 11.5 Å². The van der Waals surface area contributed by atoms with Gasteiger partial charge in [-0.1, -0.05) is 32.6 Å². The maximum Gasteiger partial charge on any atom is 0.246 e.